The van der Waals surface area contributed by atoms with Crippen LogP contribution in [0.4, 0.5) is 23.3 Å². The minimum absolute atomic E-state index is 0.158. The van der Waals surface area contributed by atoms with Gasteiger partial charge in [-0.2, -0.15) is 4.98 Å². The molecule has 2 aliphatic heterocycles. The lowest BCUT2D eigenvalue weighted by molar-refractivity contribution is -0.0962. The first kappa shape index (κ1) is 27.5. The highest BCUT2D eigenvalue weighted by Gasteiger charge is 2.39. The number of rotatable bonds is 8. The molecule has 5 rings (SSSR count). The molecule has 39 heavy (non-hydrogen) atoms. The Bertz CT molecular complexity index is 1460. The Balaban J connectivity index is 1.39. The molecule has 10 nitrogen and oxygen atoms in total. The van der Waals surface area contributed by atoms with E-state index >= 15 is 0 Å². The summed E-state index contributed by atoms with van der Waals surface area (Å²) in [5.41, 5.74) is 1.62. The number of nitrogens with zero attached hydrogens (tertiary/aromatic N) is 5. The number of hydrogen-bond donors (Lipinski definition) is 2. The number of methoxy groups -OCH3 is 1. The van der Waals surface area contributed by atoms with E-state index in [9.17, 15) is 13.5 Å². The second-order valence-corrected chi connectivity index (χ2v) is 13.6. The number of benzene rings is 1. The molecule has 3 aromatic rings. The van der Waals surface area contributed by atoms with E-state index in [1.807, 2.05) is 24.1 Å². The predicted molar refractivity (Wildman–Crippen MR) is 155 cm³/mol. The van der Waals surface area contributed by atoms with Crippen LogP contribution in [-0.2, 0) is 14.6 Å². The van der Waals surface area contributed by atoms with Gasteiger partial charge in [0.15, 0.2) is 0 Å². The summed E-state index contributed by atoms with van der Waals surface area (Å²) < 4.78 is 29.0. The summed E-state index contributed by atoms with van der Waals surface area (Å²) in [5, 5.41) is 15.9. The zero-order valence-electron chi connectivity index (χ0n) is 23.3. The van der Waals surface area contributed by atoms with Crippen molar-refractivity contribution in [2.45, 2.75) is 44.8 Å². The van der Waals surface area contributed by atoms with Crippen LogP contribution in [0.25, 0.3) is 10.8 Å². The van der Waals surface area contributed by atoms with E-state index in [0.29, 0.717) is 43.0 Å². The Hall–Kier alpha value is -3.02. The number of aromatic nitrogens is 3. The van der Waals surface area contributed by atoms with Gasteiger partial charge in [-0.1, -0.05) is 19.9 Å². The van der Waals surface area contributed by atoms with Gasteiger partial charge < -0.3 is 25.0 Å². The van der Waals surface area contributed by atoms with Crippen LogP contribution in [0.15, 0.2) is 36.7 Å². The summed E-state index contributed by atoms with van der Waals surface area (Å²) in [4.78, 5) is 18.2. The van der Waals surface area contributed by atoms with Crippen LogP contribution in [0.1, 0.15) is 38.7 Å². The van der Waals surface area contributed by atoms with Crippen molar-refractivity contribution in [1.82, 2.24) is 15.0 Å². The second-order valence-electron chi connectivity index (χ2n) is 11.4. The number of anilines is 4. The first-order valence-electron chi connectivity index (χ1n) is 13.4. The first-order chi connectivity index (χ1) is 18.5. The van der Waals surface area contributed by atoms with Gasteiger partial charge in [0.2, 0.25) is 5.95 Å². The normalized spacial score (nSPS) is 22.4. The highest BCUT2D eigenvalue weighted by molar-refractivity contribution is 7.90. The topological polar surface area (TPSA) is 121 Å². The fourth-order valence-electron chi connectivity index (χ4n) is 5.61. The lowest BCUT2D eigenvalue weighted by Crippen LogP contribution is -2.56. The Kier molecular flexibility index (Phi) is 7.43. The number of aliphatic hydroxyl groups is 1. The molecule has 2 aromatic heterocycles. The molecule has 0 aliphatic carbocycles. The molecule has 210 valence electrons. The molecule has 1 aromatic carbocycles. The lowest BCUT2D eigenvalue weighted by Gasteiger charge is -2.42. The quantitative estimate of drug-likeness (QED) is 0.429. The Morgan fingerprint density at radius 3 is 2.62 bits per heavy atom. The molecular weight excluding hydrogens is 516 g/mol. The van der Waals surface area contributed by atoms with Gasteiger partial charge in [0, 0.05) is 62.4 Å². The number of nitrogens with one attached hydrogen (secondary N) is 1. The summed E-state index contributed by atoms with van der Waals surface area (Å²) in [6.07, 6.45) is 4.94. The van der Waals surface area contributed by atoms with Gasteiger partial charge in [0.05, 0.1) is 18.4 Å². The van der Waals surface area contributed by atoms with Gasteiger partial charge in [-0.15, -0.1) is 0 Å². The summed E-state index contributed by atoms with van der Waals surface area (Å²) in [6.45, 7) is 8.83. The predicted octanol–water partition coefficient (Wildman–Crippen LogP) is 3.35. The van der Waals surface area contributed by atoms with E-state index in [-0.39, 0.29) is 11.7 Å². The van der Waals surface area contributed by atoms with Crippen molar-refractivity contribution >= 4 is 43.9 Å². The molecule has 0 saturated carbocycles. The summed E-state index contributed by atoms with van der Waals surface area (Å²) >= 11 is 0. The van der Waals surface area contributed by atoms with Gasteiger partial charge in [-0.3, -0.25) is 0 Å². The van der Waals surface area contributed by atoms with Crippen LogP contribution in [0.2, 0.25) is 0 Å². The molecule has 4 heterocycles. The van der Waals surface area contributed by atoms with E-state index in [2.05, 4.69) is 47.2 Å². The van der Waals surface area contributed by atoms with Crippen molar-refractivity contribution in [3.63, 3.8) is 0 Å². The largest absolute Gasteiger partial charge is 0.390 e. The summed E-state index contributed by atoms with van der Waals surface area (Å²) in [5.74, 6) is 2.59. The summed E-state index contributed by atoms with van der Waals surface area (Å²) in [6, 6.07) is 8.16. The molecule has 0 spiro atoms. The molecule has 2 saturated heterocycles. The summed E-state index contributed by atoms with van der Waals surface area (Å²) in [7, 11) is -1.37. The third-order valence-electron chi connectivity index (χ3n) is 7.90. The van der Waals surface area contributed by atoms with E-state index in [0.717, 1.165) is 29.5 Å². The van der Waals surface area contributed by atoms with Crippen molar-refractivity contribution < 1.29 is 18.3 Å². The van der Waals surface area contributed by atoms with Crippen LogP contribution in [-0.4, -0.2) is 85.5 Å². The maximum absolute atomic E-state index is 11.7. The van der Waals surface area contributed by atoms with Crippen molar-refractivity contribution in [2.75, 3.05) is 60.4 Å². The zero-order chi connectivity index (χ0) is 27.9. The van der Waals surface area contributed by atoms with Crippen LogP contribution in [0, 0.1) is 5.92 Å². The number of hydrogen-bond acceptors (Lipinski definition) is 10. The van der Waals surface area contributed by atoms with Crippen LogP contribution in [0.3, 0.4) is 0 Å². The minimum Gasteiger partial charge on any atom is -0.390 e. The fourth-order valence-corrected chi connectivity index (χ4v) is 6.68. The molecule has 0 bridgehead atoms. The molecule has 2 N–H and O–H groups in total. The molecule has 0 radical (unpaired) electrons. The highest BCUT2D eigenvalue weighted by Crippen LogP contribution is 2.37. The second kappa shape index (κ2) is 10.5. The van der Waals surface area contributed by atoms with Gasteiger partial charge in [-0.05, 0) is 48.4 Å². The van der Waals surface area contributed by atoms with E-state index in [1.54, 1.807) is 13.3 Å². The molecule has 2 aliphatic rings. The highest BCUT2D eigenvalue weighted by atomic mass is 32.2. The van der Waals surface area contributed by atoms with Gasteiger partial charge >= 0.3 is 0 Å². The van der Waals surface area contributed by atoms with Gasteiger partial charge in [-0.25, -0.2) is 18.4 Å². The molecule has 11 heteroatoms. The fraction of sp³-hybridized carbons (Fsp3) is 0.536. The minimum atomic E-state index is -2.98. The number of pyridine rings is 1. The Morgan fingerprint density at radius 2 is 1.92 bits per heavy atom. The molecule has 0 unspecified atom stereocenters. The Morgan fingerprint density at radius 1 is 1.15 bits per heavy atom. The monoisotopic (exact) mass is 554 g/mol. The molecule has 0 amide bonds. The van der Waals surface area contributed by atoms with E-state index in [4.69, 9.17) is 14.7 Å². The molecule has 2 atom stereocenters. The third kappa shape index (κ3) is 5.80. The lowest BCUT2D eigenvalue weighted by atomic mass is 9.91. The number of sulfone groups is 1. The maximum Gasteiger partial charge on any atom is 0.227 e. The zero-order valence-corrected chi connectivity index (χ0v) is 24.1. The maximum atomic E-state index is 11.7. The van der Waals surface area contributed by atoms with Crippen molar-refractivity contribution in [3.05, 3.63) is 42.2 Å². The molecular formula is C28H38N6O4S. The average Bonchev–Trinajstić information content (AvgIpc) is 2.86. The number of piperidine rings is 1. The van der Waals surface area contributed by atoms with Crippen molar-refractivity contribution in [2.24, 2.45) is 5.92 Å². The SMILES string of the molecule is CO[C@]1(C)CN(c2nccc(Nc3cc4c(C(C)C)ccc(N5CC(CS(C)(=O)=O)C5)c4cn3)n2)CC[C@@H]1O. The smallest absolute Gasteiger partial charge is 0.227 e. The third-order valence-corrected chi connectivity index (χ3v) is 8.98. The average molecular weight is 555 g/mol. The number of aliphatic hydroxyl groups excluding tert-OH is 1. The van der Waals surface area contributed by atoms with E-state index < -0.39 is 21.5 Å². The Labute approximate surface area is 230 Å². The van der Waals surface area contributed by atoms with Crippen LogP contribution in [0.5, 0.6) is 0 Å². The number of fused-ring (bicyclic) bond motifs is 1. The van der Waals surface area contributed by atoms with Gasteiger partial charge in [0.25, 0.3) is 0 Å². The molecule has 2 fully saturated rings. The van der Waals surface area contributed by atoms with E-state index in [1.165, 1.54) is 11.8 Å². The first-order valence-corrected chi connectivity index (χ1v) is 15.5. The van der Waals surface area contributed by atoms with Crippen LogP contribution >= 0.6 is 0 Å². The van der Waals surface area contributed by atoms with Crippen molar-refractivity contribution in [1.29, 1.82) is 0 Å². The number of ether oxygens (including phenoxy) is 1. The van der Waals surface area contributed by atoms with Gasteiger partial charge in [0.1, 0.15) is 27.1 Å². The van der Waals surface area contributed by atoms with Crippen LogP contribution < -0.4 is 15.1 Å². The standard InChI is InChI=1S/C28H38N6O4S/c1-18(2)20-6-7-23(34-14-19(15-34)16-39(5,36)37)22-13-30-26(12-21(20)22)31-25-8-10-29-27(32-25)33-11-9-24(35)28(3,17-33)38-4/h6-8,10,12-13,18-19,24,35H,9,11,14-17H2,1-5H3,(H,29,30,31,32)/t24-,28+/m0/s1. The van der Waals surface area contributed by atoms with Crippen molar-refractivity contribution in [3.8, 4) is 0 Å².